The third-order valence-corrected chi connectivity index (χ3v) is 10.4. The Morgan fingerprint density at radius 2 is 1.41 bits per heavy atom. The number of nitrogens with zero attached hydrogens (tertiary/aromatic N) is 2. The third kappa shape index (κ3) is 6.67. The number of piperidine rings is 2. The van der Waals surface area contributed by atoms with Gasteiger partial charge in [0.05, 0.1) is 22.3 Å². The van der Waals surface area contributed by atoms with Crippen molar-refractivity contribution in [3.05, 3.63) is 54.3 Å². The summed E-state index contributed by atoms with van der Waals surface area (Å²) in [6, 6.07) is 10.9. The molecule has 0 bridgehead atoms. The first kappa shape index (κ1) is 27.5. The number of hydrogen-bond donors (Lipinski definition) is 1. The SMILES string of the molecule is O=C(NCCOc1ccc(S(=O)(=O)N2CCCCC2)cc1)[C@@H]1CCCN(S(=O)(=O)c2ccc(F)cc2)C1. The molecule has 2 aliphatic rings. The van der Waals surface area contributed by atoms with Gasteiger partial charge in [-0.2, -0.15) is 8.61 Å². The fourth-order valence-electron chi connectivity index (χ4n) is 4.58. The average Bonchev–Trinajstić information content (AvgIpc) is 2.92. The molecule has 1 atom stereocenters. The number of sulfonamides is 2. The van der Waals surface area contributed by atoms with Crippen LogP contribution in [0, 0.1) is 11.7 Å². The fraction of sp³-hybridized carbons (Fsp3) is 0.480. The first-order valence-electron chi connectivity index (χ1n) is 12.4. The third-order valence-electron chi connectivity index (χ3n) is 6.65. The number of amides is 1. The van der Waals surface area contributed by atoms with E-state index in [1.165, 1.54) is 32.9 Å². The van der Waals surface area contributed by atoms with E-state index >= 15 is 0 Å². The van der Waals surface area contributed by atoms with Crippen LogP contribution in [0.25, 0.3) is 0 Å². The van der Waals surface area contributed by atoms with Gasteiger partial charge in [-0.1, -0.05) is 6.42 Å². The normalized spacial score (nSPS) is 19.9. The highest BCUT2D eigenvalue weighted by atomic mass is 32.2. The highest BCUT2D eigenvalue weighted by molar-refractivity contribution is 7.89. The van der Waals surface area contributed by atoms with E-state index in [1.807, 2.05) is 0 Å². The van der Waals surface area contributed by atoms with Crippen LogP contribution in [0.3, 0.4) is 0 Å². The summed E-state index contributed by atoms with van der Waals surface area (Å²) in [6.07, 6.45) is 3.89. The molecule has 0 unspecified atom stereocenters. The molecule has 12 heteroatoms. The van der Waals surface area contributed by atoms with Gasteiger partial charge < -0.3 is 10.1 Å². The number of hydrogen-bond acceptors (Lipinski definition) is 6. The summed E-state index contributed by atoms with van der Waals surface area (Å²) >= 11 is 0. The zero-order chi connectivity index (χ0) is 26.5. The van der Waals surface area contributed by atoms with Crippen LogP contribution in [-0.2, 0) is 24.8 Å². The van der Waals surface area contributed by atoms with Crippen molar-refractivity contribution in [2.24, 2.45) is 5.92 Å². The quantitative estimate of drug-likeness (QED) is 0.478. The maximum absolute atomic E-state index is 13.2. The van der Waals surface area contributed by atoms with Crippen molar-refractivity contribution in [2.45, 2.75) is 41.9 Å². The monoisotopic (exact) mass is 553 g/mol. The number of ether oxygens (including phenoxy) is 1. The first-order valence-corrected chi connectivity index (χ1v) is 15.3. The molecule has 0 saturated carbocycles. The van der Waals surface area contributed by atoms with E-state index in [2.05, 4.69) is 5.32 Å². The lowest BCUT2D eigenvalue weighted by Gasteiger charge is -2.31. The number of rotatable bonds is 9. The number of halogens is 1. The summed E-state index contributed by atoms with van der Waals surface area (Å²) in [5, 5.41) is 2.78. The molecule has 2 fully saturated rings. The Balaban J connectivity index is 1.24. The van der Waals surface area contributed by atoms with Crippen molar-refractivity contribution < 1.29 is 30.8 Å². The Bertz CT molecular complexity index is 1280. The van der Waals surface area contributed by atoms with Crippen molar-refractivity contribution in [3.8, 4) is 5.75 Å². The minimum absolute atomic E-state index is 0.00175. The molecule has 4 rings (SSSR count). The van der Waals surface area contributed by atoms with Crippen LogP contribution in [0.4, 0.5) is 4.39 Å². The molecule has 1 amide bonds. The second kappa shape index (κ2) is 11.9. The highest BCUT2D eigenvalue weighted by Gasteiger charge is 2.33. The zero-order valence-electron chi connectivity index (χ0n) is 20.5. The first-order chi connectivity index (χ1) is 17.7. The Hall–Kier alpha value is -2.54. The summed E-state index contributed by atoms with van der Waals surface area (Å²) in [4.78, 5) is 12.9. The second-order valence-corrected chi connectivity index (χ2v) is 13.1. The van der Waals surface area contributed by atoms with Crippen LogP contribution in [0.2, 0.25) is 0 Å². The molecule has 0 aromatic heterocycles. The Labute approximate surface area is 217 Å². The second-order valence-electron chi connectivity index (χ2n) is 9.23. The van der Waals surface area contributed by atoms with Gasteiger partial charge in [0.1, 0.15) is 18.2 Å². The van der Waals surface area contributed by atoms with Gasteiger partial charge in [-0.3, -0.25) is 4.79 Å². The van der Waals surface area contributed by atoms with E-state index < -0.39 is 31.8 Å². The molecule has 2 aromatic rings. The molecular formula is C25H32FN3O6S2. The molecule has 37 heavy (non-hydrogen) atoms. The smallest absolute Gasteiger partial charge is 0.243 e. The van der Waals surface area contributed by atoms with Crippen molar-refractivity contribution in [3.63, 3.8) is 0 Å². The van der Waals surface area contributed by atoms with Crippen molar-refractivity contribution in [2.75, 3.05) is 39.3 Å². The van der Waals surface area contributed by atoms with E-state index in [9.17, 15) is 26.0 Å². The fourth-order valence-corrected chi connectivity index (χ4v) is 7.62. The van der Waals surface area contributed by atoms with Crippen LogP contribution < -0.4 is 10.1 Å². The summed E-state index contributed by atoms with van der Waals surface area (Å²) in [6.45, 7) is 1.83. The molecule has 202 valence electrons. The van der Waals surface area contributed by atoms with Gasteiger partial charge in [0.25, 0.3) is 0 Å². The molecular weight excluding hydrogens is 521 g/mol. The summed E-state index contributed by atoms with van der Waals surface area (Å²) < 4.78 is 72.8. The van der Waals surface area contributed by atoms with Crippen molar-refractivity contribution >= 4 is 26.0 Å². The maximum atomic E-state index is 13.2. The molecule has 0 aliphatic carbocycles. The van der Waals surface area contributed by atoms with Crippen molar-refractivity contribution in [1.82, 2.24) is 13.9 Å². The standard InChI is InChI=1S/C25H32FN3O6S2/c26-21-6-10-23(11-7-21)37(33,34)29-17-4-5-20(19-29)25(30)27-14-18-35-22-8-12-24(13-9-22)36(31,32)28-15-2-1-3-16-28/h6-13,20H,1-5,14-19H2,(H,27,30)/t20-/m1/s1. The van der Waals surface area contributed by atoms with E-state index in [0.29, 0.717) is 38.2 Å². The highest BCUT2D eigenvalue weighted by Crippen LogP contribution is 2.25. The van der Waals surface area contributed by atoms with Crippen LogP contribution in [0.5, 0.6) is 5.75 Å². The molecule has 2 heterocycles. The number of carbonyl (C=O) groups excluding carboxylic acids is 1. The van der Waals surface area contributed by atoms with E-state index in [-0.39, 0.29) is 35.4 Å². The maximum Gasteiger partial charge on any atom is 0.243 e. The van der Waals surface area contributed by atoms with Gasteiger partial charge in [0.2, 0.25) is 26.0 Å². The van der Waals surface area contributed by atoms with Crippen LogP contribution in [0.1, 0.15) is 32.1 Å². The largest absolute Gasteiger partial charge is 0.492 e. The molecule has 2 saturated heterocycles. The van der Waals surface area contributed by atoms with Crippen LogP contribution in [0.15, 0.2) is 58.3 Å². The number of benzene rings is 2. The minimum atomic E-state index is -3.81. The number of nitrogens with one attached hydrogen (secondary N) is 1. The predicted molar refractivity (Wildman–Crippen MR) is 135 cm³/mol. The average molecular weight is 554 g/mol. The Morgan fingerprint density at radius 3 is 2.05 bits per heavy atom. The van der Waals surface area contributed by atoms with E-state index in [4.69, 9.17) is 4.74 Å². The van der Waals surface area contributed by atoms with Gasteiger partial charge >= 0.3 is 0 Å². The summed E-state index contributed by atoms with van der Waals surface area (Å²) in [5.41, 5.74) is 0. The van der Waals surface area contributed by atoms with Gasteiger partial charge in [-0.05, 0) is 74.2 Å². The van der Waals surface area contributed by atoms with Gasteiger partial charge in [-0.25, -0.2) is 21.2 Å². The lowest BCUT2D eigenvalue weighted by molar-refractivity contribution is -0.126. The number of carbonyl (C=O) groups is 1. The Morgan fingerprint density at radius 1 is 0.838 bits per heavy atom. The minimum Gasteiger partial charge on any atom is -0.492 e. The zero-order valence-corrected chi connectivity index (χ0v) is 22.1. The summed E-state index contributed by atoms with van der Waals surface area (Å²) in [5.74, 6) is -0.787. The van der Waals surface area contributed by atoms with E-state index in [0.717, 1.165) is 31.4 Å². The topological polar surface area (TPSA) is 113 Å². The summed E-state index contributed by atoms with van der Waals surface area (Å²) in [7, 11) is -7.32. The Kier molecular flexibility index (Phi) is 8.83. The van der Waals surface area contributed by atoms with Crippen LogP contribution >= 0.6 is 0 Å². The molecule has 9 nitrogen and oxygen atoms in total. The van der Waals surface area contributed by atoms with Gasteiger partial charge in [-0.15, -0.1) is 0 Å². The van der Waals surface area contributed by atoms with Gasteiger partial charge in [0, 0.05) is 26.2 Å². The van der Waals surface area contributed by atoms with Crippen LogP contribution in [-0.4, -0.2) is 70.7 Å². The van der Waals surface area contributed by atoms with Gasteiger partial charge in [0.15, 0.2) is 0 Å². The predicted octanol–water partition coefficient (Wildman–Crippen LogP) is 2.60. The molecule has 2 aromatic carbocycles. The lowest BCUT2D eigenvalue weighted by atomic mass is 9.99. The molecule has 2 aliphatic heterocycles. The molecule has 0 spiro atoms. The van der Waals surface area contributed by atoms with Crippen molar-refractivity contribution in [1.29, 1.82) is 0 Å². The molecule has 1 N–H and O–H groups in total. The van der Waals surface area contributed by atoms with E-state index in [1.54, 1.807) is 12.1 Å². The lowest BCUT2D eigenvalue weighted by Crippen LogP contribution is -2.45. The molecule has 0 radical (unpaired) electrons.